The standard InChI is InChI=1S/C20H18ClN3O6/c1-27-15-8-12-14(9-16(15)28-2)23-20(21)24-17(12)22-13-7-10(18(25)29-3)5-6-11(13)19(26)30-4/h5-9H,1-4H3,(H,22,23,24). The Labute approximate surface area is 176 Å². The largest absolute Gasteiger partial charge is 0.493 e. The molecule has 3 rings (SSSR count). The molecule has 0 saturated carbocycles. The average molecular weight is 432 g/mol. The smallest absolute Gasteiger partial charge is 0.339 e. The molecule has 10 heteroatoms. The highest BCUT2D eigenvalue weighted by Crippen LogP contribution is 2.36. The van der Waals surface area contributed by atoms with E-state index in [2.05, 4.69) is 15.3 Å². The number of hydrogen-bond donors (Lipinski definition) is 1. The molecule has 156 valence electrons. The van der Waals surface area contributed by atoms with Gasteiger partial charge in [-0.05, 0) is 35.9 Å². The molecule has 30 heavy (non-hydrogen) atoms. The molecule has 0 aliphatic heterocycles. The third kappa shape index (κ3) is 4.06. The minimum absolute atomic E-state index is 0.0269. The van der Waals surface area contributed by atoms with E-state index >= 15 is 0 Å². The molecule has 0 fully saturated rings. The van der Waals surface area contributed by atoms with Crippen molar-refractivity contribution in [1.29, 1.82) is 0 Å². The van der Waals surface area contributed by atoms with Gasteiger partial charge in [0.2, 0.25) is 5.28 Å². The summed E-state index contributed by atoms with van der Waals surface area (Å²) < 4.78 is 20.2. The van der Waals surface area contributed by atoms with Crippen LogP contribution in [0.15, 0.2) is 30.3 Å². The van der Waals surface area contributed by atoms with Crippen molar-refractivity contribution in [2.45, 2.75) is 0 Å². The highest BCUT2D eigenvalue weighted by molar-refractivity contribution is 6.29. The summed E-state index contributed by atoms with van der Waals surface area (Å²) in [6, 6.07) is 7.70. The zero-order chi connectivity index (χ0) is 21.8. The summed E-state index contributed by atoms with van der Waals surface area (Å²) in [5, 5.41) is 3.56. The van der Waals surface area contributed by atoms with E-state index in [4.69, 9.17) is 30.5 Å². The Kier molecular flexibility index (Phi) is 6.22. The number of anilines is 2. The van der Waals surface area contributed by atoms with Crippen molar-refractivity contribution in [2.75, 3.05) is 33.8 Å². The minimum atomic E-state index is -0.599. The van der Waals surface area contributed by atoms with Gasteiger partial charge < -0.3 is 24.3 Å². The molecular formula is C20H18ClN3O6. The lowest BCUT2D eigenvalue weighted by atomic mass is 10.1. The van der Waals surface area contributed by atoms with E-state index in [0.717, 1.165) is 0 Å². The van der Waals surface area contributed by atoms with Crippen LogP contribution in [0.5, 0.6) is 11.5 Å². The van der Waals surface area contributed by atoms with E-state index < -0.39 is 11.9 Å². The molecule has 0 unspecified atom stereocenters. The second kappa shape index (κ2) is 8.83. The molecule has 0 saturated heterocycles. The molecule has 0 amide bonds. The molecule has 0 atom stereocenters. The van der Waals surface area contributed by atoms with E-state index in [1.807, 2.05) is 0 Å². The Morgan fingerprint density at radius 2 is 1.57 bits per heavy atom. The van der Waals surface area contributed by atoms with Crippen LogP contribution in [-0.2, 0) is 9.47 Å². The molecule has 1 N–H and O–H groups in total. The molecule has 2 aromatic carbocycles. The summed E-state index contributed by atoms with van der Waals surface area (Å²) in [5.41, 5.74) is 1.18. The summed E-state index contributed by atoms with van der Waals surface area (Å²) in [7, 11) is 5.53. The predicted octanol–water partition coefficient (Wildman–Crippen LogP) is 3.62. The van der Waals surface area contributed by atoms with Gasteiger partial charge in [0, 0.05) is 11.5 Å². The van der Waals surface area contributed by atoms with E-state index in [0.29, 0.717) is 22.4 Å². The number of hydrogen-bond acceptors (Lipinski definition) is 9. The molecule has 0 aliphatic carbocycles. The van der Waals surface area contributed by atoms with Crippen molar-refractivity contribution in [2.24, 2.45) is 0 Å². The van der Waals surface area contributed by atoms with Crippen LogP contribution in [0.2, 0.25) is 5.28 Å². The Balaban J connectivity index is 2.19. The number of aromatic nitrogens is 2. The number of nitrogens with one attached hydrogen (secondary N) is 1. The van der Waals surface area contributed by atoms with Gasteiger partial charge in [-0.15, -0.1) is 0 Å². The van der Waals surface area contributed by atoms with Crippen molar-refractivity contribution in [3.63, 3.8) is 0 Å². The highest BCUT2D eigenvalue weighted by atomic mass is 35.5. The minimum Gasteiger partial charge on any atom is -0.493 e. The van der Waals surface area contributed by atoms with Crippen LogP contribution in [0.1, 0.15) is 20.7 Å². The second-order valence-electron chi connectivity index (χ2n) is 5.93. The first-order chi connectivity index (χ1) is 14.4. The van der Waals surface area contributed by atoms with Crippen LogP contribution in [-0.4, -0.2) is 50.3 Å². The normalized spacial score (nSPS) is 10.4. The molecule has 0 aliphatic rings. The van der Waals surface area contributed by atoms with Gasteiger partial charge in [0.1, 0.15) is 5.82 Å². The summed E-state index contributed by atoms with van der Waals surface area (Å²) in [6.07, 6.45) is 0. The van der Waals surface area contributed by atoms with Gasteiger partial charge in [-0.1, -0.05) is 0 Å². The van der Waals surface area contributed by atoms with Gasteiger partial charge in [-0.3, -0.25) is 0 Å². The SMILES string of the molecule is COC(=O)c1ccc(C(=O)OC)c(Nc2nc(Cl)nc3cc(OC)c(OC)cc23)c1. The van der Waals surface area contributed by atoms with Gasteiger partial charge >= 0.3 is 11.9 Å². The number of methoxy groups -OCH3 is 4. The lowest BCUT2D eigenvalue weighted by Gasteiger charge is -2.15. The van der Waals surface area contributed by atoms with Crippen molar-refractivity contribution in [3.8, 4) is 11.5 Å². The van der Waals surface area contributed by atoms with Gasteiger partial charge in [0.05, 0.1) is 50.8 Å². The molecule has 1 aromatic heterocycles. The Bertz CT molecular complexity index is 1140. The molecule has 9 nitrogen and oxygen atoms in total. The number of fused-ring (bicyclic) bond motifs is 1. The van der Waals surface area contributed by atoms with Gasteiger partial charge in [0.25, 0.3) is 0 Å². The lowest BCUT2D eigenvalue weighted by Crippen LogP contribution is -2.09. The third-order valence-corrected chi connectivity index (χ3v) is 4.44. The fourth-order valence-electron chi connectivity index (χ4n) is 2.83. The van der Waals surface area contributed by atoms with Crippen LogP contribution in [0.25, 0.3) is 10.9 Å². The maximum atomic E-state index is 12.2. The van der Waals surface area contributed by atoms with E-state index in [1.165, 1.54) is 46.6 Å². The quantitative estimate of drug-likeness (QED) is 0.462. The molecule has 0 radical (unpaired) electrons. The first-order valence-corrected chi connectivity index (χ1v) is 8.96. The Morgan fingerprint density at radius 3 is 2.20 bits per heavy atom. The summed E-state index contributed by atoms with van der Waals surface area (Å²) in [4.78, 5) is 32.6. The highest BCUT2D eigenvalue weighted by Gasteiger charge is 2.19. The Hall–Kier alpha value is -3.59. The van der Waals surface area contributed by atoms with E-state index in [9.17, 15) is 9.59 Å². The van der Waals surface area contributed by atoms with Crippen molar-refractivity contribution < 1.29 is 28.5 Å². The molecule has 0 bridgehead atoms. The van der Waals surface area contributed by atoms with Crippen molar-refractivity contribution in [3.05, 3.63) is 46.7 Å². The van der Waals surface area contributed by atoms with Crippen LogP contribution in [0.3, 0.4) is 0 Å². The lowest BCUT2D eigenvalue weighted by molar-refractivity contribution is 0.0587. The molecule has 3 aromatic rings. The zero-order valence-electron chi connectivity index (χ0n) is 16.6. The summed E-state index contributed by atoms with van der Waals surface area (Å²) >= 11 is 6.09. The number of halogens is 1. The number of ether oxygens (including phenoxy) is 4. The average Bonchev–Trinajstić information content (AvgIpc) is 2.76. The van der Waals surface area contributed by atoms with Crippen molar-refractivity contribution >= 4 is 45.9 Å². The third-order valence-electron chi connectivity index (χ3n) is 4.27. The molecule has 1 heterocycles. The summed E-state index contributed by atoms with van der Waals surface area (Å²) in [6.45, 7) is 0. The fraction of sp³-hybridized carbons (Fsp3) is 0.200. The Morgan fingerprint density at radius 1 is 0.900 bits per heavy atom. The zero-order valence-corrected chi connectivity index (χ0v) is 17.4. The van der Waals surface area contributed by atoms with Crippen molar-refractivity contribution in [1.82, 2.24) is 9.97 Å². The van der Waals surface area contributed by atoms with Gasteiger partial charge in [-0.2, -0.15) is 4.98 Å². The maximum Gasteiger partial charge on any atom is 0.339 e. The van der Waals surface area contributed by atoms with Crippen LogP contribution >= 0.6 is 11.6 Å². The number of rotatable bonds is 6. The molecular weight excluding hydrogens is 414 g/mol. The number of nitrogens with zero attached hydrogens (tertiary/aromatic N) is 2. The first kappa shape index (κ1) is 21.1. The number of carbonyl (C=O) groups excluding carboxylic acids is 2. The van der Waals surface area contributed by atoms with Gasteiger partial charge in [-0.25, -0.2) is 14.6 Å². The topological polar surface area (TPSA) is 109 Å². The fourth-order valence-corrected chi connectivity index (χ4v) is 3.01. The van der Waals surface area contributed by atoms with E-state index in [-0.39, 0.29) is 27.9 Å². The molecule has 0 spiro atoms. The van der Waals surface area contributed by atoms with E-state index in [1.54, 1.807) is 12.1 Å². The summed E-state index contributed by atoms with van der Waals surface area (Å²) in [5.74, 6) is 0.0475. The number of esters is 2. The number of carbonyl (C=O) groups is 2. The number of benzene rings is 2. The predicted molar refractivity (Wildman–Crippen MR) is 110 cm³/mol. The second-order valence-corrected chi connectivity index (χ2v) is 6.27. The van der Waals surface area contributed by atoms with Crippen LogP contribution in [0.4, 0.5) is 11.5 Å². The van der Waals surface area contributed by atoms with Gasteiger partial charge in [0.15, 0.2) is 11.5 Å². The first-order valence-electron chi connectivity index (χ1n) is 8.58. The maximum absolute atomic E-state index is 12.2. The van der Waals surface area contributed by atoms with Crippen LogP contribution in [0, 0.1) is 0 Å². The monoisotopic (exact) mass is 431 g/mol. The van der Waals surface area contributed by atoms with Crippen LogP contribution < -0.4 is 14.8 Å².